The van der Waals surface area contributed by atoms with Gasteiger partial charge in [0.1, 0.15) is 35.3 Å². The van der Waals surface area contributed by atoms with Gasteiger partial charge in [0.05, 0.1) is 17.2 Å². The summed E-state index contributed by atoms with van der Waals surface area (Å²) in [6.45, 7) is 4.23. The lowest BCUT2D eigenvalue weighted by Gasteiger charge is -2.37. The van der Waals surface area contributed by atoms with Crippen molar-refractivity contribution in [3.8, 4) is 11.5 Å². The Balaban J connectivity index is 1.51. The molecule has 0 saturated carbocycles. The van der Waals surface area contributed by atoms with Crippen molar-refractivity contribution < 1.29 is 23.8 Å². The second-order valence-electron chi connectivity index (χ2n) is 11.0. The highest BCUT2D eigenvalue weighted by Crippen LogP contribution is 2.51. The Labute approximate surface area is 240 Å². The Bertz CT molecular complexity index is 1670. The van der Waals surface area contributed by atoms with Crippen molar-refractivity contribution in [1.82, 2.24) is 4.98 Å². The normalized spacial score (nSPS) is 17.8. The van der Waals surface area contributed by atoms with E-state index in [9.17, 15) is 14.7 Å². The molecule has 0 fully saturated rings. The first-order valence-corrected chi connectivity index (χ1v) is 14.2. The largest absolute Gasteiger partial charge is 0.506 e. The molecule has 1 amide bonds. The van der Waals surface area contributed by atoms with Gasteiger partial charge in [0, 0.05) is 34.7 Å². The summed E-state index contributed by atoms with van der Waals surface area (Å²) in [4.78, 5) is 33.5. The highest BCUT2D eigenvalue weighted by Gasteiger charge is 2.45. The van der Waals surface area contributed by atoms with Crippen LogP contribution < -0.4 is 15.0 Å². The lowest BCUT2D eigenvalue weighted by Crippen LogP contribution is -2.40. The number of amides is 1. The average Bonchev–Trinajstić information content (AvgIpc) is 3.43. The molecule has 3 aromatic carbocycles. The quantitative estimate of drug-likeness (QED) is 0.251. The topological polar surface area (TPSA) is 91.8 Å². The molecule has 0 spiro atoms. The summed E-state index contributed by atoms with van der Waals surface area (Å²) >= 11 is 1.26. The number of aromatic hydroxyl groups is 1. The number of rotatable bonds is 5. The van der Waals surface area contributed by atoms with Crippen LogP contribution in [0.5, 0.6) is 11.5 Å². The van der Waals surface area contributed by atoms with E-state index < -0.39 is 17.8 Å². The van der Waals surface area contributed by atoms with Crippen LogP contribution in [0.25, 0.3) is 0 Å². The van der Waals surface area contributed by atoms with E-state index in [0.29, 0.717) is 29.1 Å². The lowest BCUT2D eigenvalue weighted by molar-refractivity contribution is -0.118. The number of Topliss-reactive ketones (excluding diaryl/α,β-unsaturated/α-hetero) is 1. The minimum atomic E-state index is -1.11. The van der Waals surface area contributed by atoms with Gasteiger partial charge in [0.2, 0.25) is 0 Å². The number of aromatic nitrogens is 1. The maximum Gasteiger partial charge on any atom is 0.278 e. The van der Waals surface area contributed by atoms with E-state index >= 15 is 4.39 Å². The number of thiazole rings is 1. The zero-order valence-electron chi connectivity index (χ0n) is 22.6. The molecule has 1 aliphatic heterocycles. The number of ketones is 1. The lowest BCUT2D eigenvalue weighted by atomic mass is 9.73. The standard InChI is InChI=1S/C32H28FN3O4S/c1-32(2)14-23-28(27(38)15-32)30(21-12-11-20(13-22(21)33)40-16-19-7-4-3-5-8-19)36(31(39)24-17-41-18-34-24)25-9-6-10-26(37)29(25)35-23/h3-13,17-18,30,35,37H,14-16H2,1-2H3/t30-/m1/s1. The fourth-order valence-electron chi connectivity index (χ4n) is 5.56. The number of para-hydroxylation sites is 1. The van der Waals surface area contributed by atoms with E-state index in [2.05, 4.69) is 10.3 Å². The zero-order chi connectivity index (χ0) is 28.7. The summed E-state index contributed by atoms with van der Waals surface area (Å²) in [7, 11) is 0. The first-order valence-electron chi connectivity index (χ1n) is 13.2. The molecule has 9 heteroatoms. The van der Waals surface area contributed by atoms with Crippen LogP contribution in [0, 0.1) is 11.2 Å². The number of benzene rings is 3. The molecule has 208 valence electrons. The number of carbonyl (C=O) groups excluding carboxylic acids is 2. The van der Waals surface area contributed by atoms with Crippen molar-refractivity contribution in [3.63, 3.8) is 0 Å². The van der Waals surface area contributed by atoms with Gasteiger partial charge in [0.25, 0.3) is 5.91 Å². The number of nitrogens with one attached hydrogen (secondary N) is 1. The Morgan fingerprint density at radius 2 is 1.95 bits per heavy atom. The van der Waals surface area contributed by atoms with Gasteiger partial charge in [0.15, 0.2) is 5.78 Å². The molecule has 4 aromatic rings. The van der Waals surface area contributed by atoms with Crippen molar-refractivity contribution in [2.75, 3.05) is 10.2 Å². The Kier molecular flexibility index (Phi) is 6.83. The van der Waals surface area contributed by atoms with Crippen molar-refractivity contribution in [1.29, 1.82) is 0 Å². The van der Waals surface area contributed by atoms with Crippen LogP contribution in [0.2, 0.25) is 0 Å². The Morgan fingerprint density at radius 1 is 1.15 bits per heavy atom. The number of hydrogen-bond donors (Lipinski definition) is 2. The molecule has 2 N–H and O–H groups in total. The number of allylic oxidation sites excluding steroid dienone is 1. The molecule has 1 aromatic heterocycles. The molecule has 6 rings (SSSR count). The second kappa shape index (κ2) is 10.5. The predicted octanol–water partition coefficient (Wildman–Crippen LogP) is 7.02. The third kappa shape index (κ3) is 5.09. The van der Waals surface area contributed by atoms with Gasteiger partial charge < -0.3 is 15.2 Å². The maximum atomic E-state index is 16.1. The smallest absolute Gasteiger partial charge is 0.278 e. The minimum absolute atomic E-state index is 0.0907. The third-order valence-electron chi connectivity index (χ3n) is 7.39. The number of halogens is 1. The molecule has 7 nitrogen and oxygen atoms in total. The summed E-state index contributed by atoms with van der Waals surface area (Å²) in [5.74, 6) is -1.10. The van der Waals surface area contributed by atoms with Crippen molar-refractivity contribution in [2.45, 2.75) is 39.3 Å². The first kappa shape index (κ1) is 26.7. The number of phenols is 1. The highest BCUT2D eigenvalue weighted by atomic mass is 32.1. The van der Waals surface area contributed by atoms with E-state index in [0.717, 1.165) is 5.56 Å². The molecule has 0 unspecified atom stereocenters. The third-order valence-corrected chi connectivity index (χ3v) is 7.98. The van der Waals surface area contributed by atoms with Crippen LogP contribution in [0.1, 0.15) is 54.3 Å². The number of hydrogen-bond acceptors (Lipinski definition) is 7. The number of phenolic OH excluding ortho intramolecular Hbond substituents is 1. The molecule has 1 atom stereocenters. The molecule has 0 radical (unpaired) electrons. The molecule has 2 aliphatic rings. The van der Waals surface area contributed by atoms with E-state index in [1.165, 1.54) is 28.4 Å². The predicted molar refractivity (Wildman–Crippen MR) is 156 cm³/mol. The maximum absolute atomic E-state index is 16.1. The molecular formula is C32H28FN3O4S. The molecule has 1 aliphatic carbocycles. The summed E-state index contributed by atoms with van der Waals surface area (Å²) in [5.41, 5.74) is 3.84. The Hall–Kier alpha value is -4.50. The monoisotopic (exact) mass is 569 g/mol. The molecule has 0 bridgehead atoms. The summed E-state index contributed by atoms with van der Waals surface area (Å²) < 4.78 is 22.0. The zero-order valence-corrected chi connectivity index (χ0v) is 23.4. The van der Waals surface area contributed by atoms with Gasteiger partial charge in [-0.2, -0.15) is 0 Å². The van der Waals surface area contributed by atoms with Gasteiger partial charge in [-0.05, 0) is 41.7 Å². The van der Waals surface area contributed by atoms with Gasteiger partial charge in [-0.25, -0.2) is 9.37 Å². The van der Waals surface area contributed by atoms with E-state index in [4.69, 9.17) is 4.74 Å². The van der Waals surface area contributed by atoms with E-state index in [1.807, 2.05) is 44.2 Å². The number of fused-ring (bicyclic) bond motifs is 1. The number of carbonyl (C=O) groups is 2. The van der Waals surface area contributed by atoms with Crippen molar-refractivity contribution in [2.24, 2.45) is 5.41 Å². The average molecular weight is 570 g/mol. The summed E-state index contributed by atoms with van der Waals surface area (Å²) in [6.07, 6.45) is 0.696. The van der Waals surface area contributed by atoms with Crippen LogP contribution in [-0.2, 0) is 11.4 Å². The second-order valence-corrected chi connectivity index (χ2v) is 11.8. The van der Waals surface area contributed by atoms with Gasteiger partial charge >= 0.3 is 0 Å². The van der Waals surface area contributed by atoms with Gasteiger partial charge in [-0.3, -0.25) is 14.5 Å². The fourth-order valence-corrected chi connectivity index (χ4v) is 6.09. The van der Waals surface area contributed by atoms with Gasteiger partial charge in [-0.1, -0.05) is 50.2 Å². The highest BCUT2D eigenvalue weighted by molar-refractivity contribution is 7.07. The first-order chi connectivity index (χ1) is 19.7. The van der Waals surface area contributed by atoms with Crippen molar-refractivity contribution in [3.05, 3.63) is 112 Å². The SMILES string of the molecule is CC1(C)CC(=O)C2=C(C1)Nc1c(O)cccc1N(C(=O)c1cscn1)[C@@H]2c1ccc(OCc2ccccc2)cc1F. The van der Waals surface area contributed by atoms with E-state index in [-0.39, 0.29) is 46.9 Å². The number of nitrogens with zero attached hydrogens (tertiary/aromatic N) is 2. The van der Waals surface area contributed by atoms with Crippen LogP contribution >= 0.6 is 11.3 Å². The Morgan fingerprint density at radius 3 is 2.68 bits per heavy atom. The molecule has 2 heterocycles. The molecule has 0 saturated heterocycles. The van der Waals surface area contributed by atoms with Crippen LogP contribution in [0.15, 0.2) is 88.9 Å². The van der Waals surface area contributed by atoms with Gasteiger partial charge in [-0.15, -0.1) is 11.3 Å². The van der Waals surface area contributed by atoms with Crippen LogP contribution in [0.3, 0.4) is 0 Å². The minimum Gasteiger partial charge on any atom is -0.506 e. The van der Waals surface area contributed by atoms with E-state index in [1.54, 1.807) is 35.2 Å². The summed E-state index contributed by atoms with van der Waals surface area (Å²) in [5, 5.41) is 15.8. The molecular weight excluding hydrogens is 541 g/mol. The van der Waals surface area contributed by atoms with Crippen molar-refractivity contribution >= 4 is 34.4 Å². The van der Waals surface area contributed by atoms with Crippen LogP contribution in [0.4, 0.5) is 15.8 Å². The molecule has 41 heavy (non-hydrogen) atoms. The number of ether oxygens (including phenoxy) is 1. The fraction of sp³-hybridized carbons (Fsp3) is 0.219. The van der Waals surface area contributed by atoms with Crippen LogP contribution in [-0.4, -0.2) is 21.8 Å². The number of anilines is 2. The summed E-state index contributed by atoms with van der Waals surface area (Å²) in [6, 6.07) is 17.7.